The van der Waals surface area contributed by atoms with Gasteiger partial charge in [0, 0.05) is 33.6 Å². The first-order chi connectivity index (χ1) is 12.7. The van der Waals surface area contributed by atoms with Crippen molar-refractivity contribution in [3.8, 4) is 0 Å². The second-order valence-corrected chi connectivity index (χ2v) is 9.01. The lowest BCUT2D eigenvalue weighted by atomic mass is 10.2. The van der Waals surface area contributed by atoms with Crippen LogP contribution in [0.2, 0.25) is 5.02 Å². The van der Waals surface area contributed by atoms with E-state index in [1.54, 1.807) is 0 Å². The first-order valence-electron chi connectivity index (χ1n) is 8.44. The van der Waals surface area contributed by atoms with Gasteiger partial charge < -0.3 is 10.2 Å². The van der Waals surface area contributed by atoms with Crippen LogP contribution in [0.3, 0.4) is 0 Å². The molecule has 0 atom stereocenters. The SMILES string of the molecule is CN(CCC(=O)Nc1cc(S(=O)(=O)N(C)C)ccc1Cl)Cc1ccccc1. The first-order valence-corrected chi connectivity index (χ1v) is 10.3. The van der Waals surface area contributed by atoms with Crippen molar-refractivity contribution in [2.75, 3.05) is 33.0 Å². The van der Waals surface area contributed by atoms with Crippen LogP contribution >= 0.6 is 11.6 Å². The van der Waals surface area contributed by atoms with Gasteiger partial charge in [0.2, 0.25) is 15.9 Å². The zero-order valence-corrected chi connectivity index (χ0v) is 17.2. The summed E-state index contributed by atoms with van der Waals surface area (Å²) >= 11 is 6.11. The Morgan fingerprint density at radius 1 is 1.07 bits per heavy atom. The Labute approximate surface area is 165 Å². The summed E-state index contributed by atoms with van der Waals surface area (Å²) in [6.07, 6.45) is 0.268. The quantitative estimate of drug-likeness (QED) is 0.727. The number of amides is 1. The van der Waals surface area contributed by atoms with Crippen LogP contribution in [0.5, 0.6) is 0 Å². The molecule has 0 saturated carbocycles. The second kappa shape index (κ2) is 9.32. The van der Waals surface area contributed by atoms with Crippen LogP contribution in [0.1, 0.15) is 12.0 Å². The number of halogens is 1. The topological polar surface area (TPSA) is 69.7 Å². The molecule has 0 aliphatic rings. The van der Waals surface area contributed by atoms with Gasteiger partial charge in [0.05, 0.1) is 15.6 Å². The number of benzene rings is 2. The van der Waals surface area contributed by atoms with Gasteiger partial charge in [-0.05, 0) is 30.8 Å². The highest BCUT2D eigenvalue weighted by molar-refractivity contribution is 7.89. The molecule has 0 spiro atoms. The average molecular weight is 410 g/mol. The lowest BCUT2D eigenvalue weighted by molar-refractivity contribution is -0.116. The van der Waals surface area contributed by atoms with E-state index in [9.17, 15) is 13.2 Å². The number of anilines is 1. The molecule has 0 aliphatic carbocycles. The van der Waals surface area contributed by atoms with Gasteiger partial charge in [0.15, 0.2) is 0 Å². The number of hydrogen-bond acceptors (Lipinski definition) is 4. The van der Waals surface area contributed by atoms with Gasteiger partial charge in [-0.3, -0.25) is 4.79 Å². The smallest absolute Gasteiger partial charge is 0.242 e. The summed E-state index contributed by atoms with van der Waals surface area (Å²) in [6, 6.07) is 14.3. The van der Waals surface area contributed by atoms with Gasteiger partial charge in [-0.2, -0.15) is 0 Å². The van der Waals surface area contributed by atoms with Crippen molar-refractivity contribution < 1.29 is 13.2 Å². The van der Waals surface area contributed by atoms with Crippen molar-refractivity contribution in [2.24, 2.45) is 0 Å². The Morgan fingerprint density at radius 2 is 1.74 bits per heavy atom. The van der Waals surface area contributed by atoms with E-state index in [2.05, 4.69) is 5.32 Å². The number of carbonyl (C=O) groups is 1. The Morgan fingerprint density at radius 3 is 2.37 bits per heavy atom. The Bertz CT molecular complexity index is 886. The molecule has 2 aromatic carbocycles. The van der Waals surface area contributed by atoms with Crippen molar-refractivity contribution in [3.63, 3.8) is 0 Å². The van der Waals surface area contributed by atoms with E-state index in [4.69, 9.17) is 11.6 Å². The van der Waals surface area contributed by atoms with Crippen molar-refractivity contribution in [2.45, 2.75) is 17.9 Å². The maximum absolute atomic E-state index is 12.3. The molecule has 27 heavy (non-hydrogen) atoms. The Balaban J connectivity index is 1.97. The van der Waals surface area contributed by atoms with Gasteiger partial charge in [0.1, 0.15) is 0 Å². The molecule has 1 N–H and O–H groups in total. The maximum atomic E-state index is 12.3. The van der Waals surface area contributed by atoms with Gasteiger partial charge in [-0.15, -0.1) is 0 Å². The lowest BCUT2D eigenvalue weighted by Crippen LogP contribution is -2.24. The van der Waals surface area contributed by atoms with Crippen LogP contribution < -0.4 is 5.32 Å². The standard InChI is InChI=1S/C19H24ClN3O3S/c1-22(2)27(25,26)16-9-10-17(20)18(13-16)21-19(24)11-12-23(3)14-15-7-5-4-6-8-15/h4-10,13H,11-12,14H2,1-3H3,(H,21,24). The molecule has 2 rings (SSSR count). The molecule has 0 radical (unpaired) electrons. The number of nitrogens with zero attached hydrogens (tertiary/aromatic N) is 2. The van der Waals surface area contributed by atoms with Crippen LogP contribution in [0, 0.1) is 0 Å². The summed E-state index contributed by atoms with van der Waals surface area (Å²) < 4.78 is 25.6. The van der Waals surface area contributed by atoms with E-state index >= 15 is 0 Å². The minimum Gasteiger partial charge on any atom is -0.325 e. The average Bonchev–Trinajstić information content (AvgIpc) is 2.62. The molecular weight excluding hydrogens is 386 g/mol. The van der Waals surface area contributed by atoms with E-state index < -0.39 is 10.0 Å². The molecule has 0 bridgehead atoms. The molecule has 0 fully saturated rings. The lowest BCUT2D eigenvalue weighted by Gasteiger charge is -2.17. The third-order valence-electron chi connectivity index (χ3n) is 4.01. The van der Waals surface area contributed by atoms with Gasteiger partial charge in [-0.25, -0.2) is 12.7 Å². The van der Waals surface area contributed by atoms with Crippen molar-refractivity contribution in [1.82, 2.24) is 9.21 Å². The number of hydrogen-bond donors (Lipinski definition) is 1. The summed E-state index contributed by atoms with van der Waals surface area (Å²) in [5, 5.41) is 2.99. The number of sulfonamides is 1. The molecule has 6 nitrogen and oxygen atoms in total. The van der Waals surface area contributed by atoms with Crippen molar-refractivity contribution in [3.05, 3.63) is 59.1 Å². The highest BCUT2D eigenvalue weighted by Crippen LogP contribution is 2.26. The van der Waals surface area contributed by atoms with Crippen LogP contribution in [0.25, 0.3) is 0 Å². The van der Waals surface area contributed by atoms with E-state index in [1.165, 1.54) is 37.9 Å². The molecule has 2 aromatic rings. The summed E-state index contributed by atoms with van der Waals surface area (Å²) in [5.74, 6) is -0.226. The predicted molar refractivity (Wildman–Crippen MR) is 108 cm³/mol. The van der Waals surface area contributed by atoms with Crippen LogP contribution in [-0.4, -0.2) is 51.2 Å². The third kappa shape index (κ3) is 6.04. The van der Waals surface area contributed by atoms with Crippen LogP contribution in [0.4, 0.5) is 5.69 Å². The Kier molecular flexibility index (Phi) is 7.38. The highest BCUT2D eigenvalue weighted by Gasteiger charge is 2.19. The van der Waals surface area contributed by atoms with Crippen LogP contribution in [0.15, 0.2) is 53.4 Å². The zero-order valence-electron chi connectivity index (χ0n) is 15.6. The summed E-state index contributed by atoms with van der Waals surface area (Å²) in [6.45, 7) is 1.31. The molecule has 146 valence electrons. The molecular formula is C19H24ClN3O3S. The third-order valence-corrected chi connectivity index (χ3v) is 6.15. The largest absolute Gasteiger partial charge is 0.325 e. The molecule has 0 heterocycles. The first kappa shape index (κ1) is 21.4. The number of carbonyl (C=O) groups excluding carboxylic acids is 1. The highest BCUT2D eigenvalue weighted by atomic mass is 35.5. The summed E-state index contributed by atoms with van der Waals surface area (Å²) in [7, 11) is 1.24. The van der Waals surface area contributed by atoms with Crippen LogP contribution in [-0.2, 0) is 21.4 Å². The molecule has 0 saturated heterocycles. The van der Waals surface area contributed by atoms with E-state index in [0.717, 1.165) is 10.8 Å². The van der Waals surface area contributed by atoms with Gasteiger partial charge in [0.25, 0.3) is 0 Å². The van der Waals surface area contributed by atoms with E-state index in [-0.39, 0.29) is 22.9 Å². The molecule has 0 unspecified atom stereocenters. The predicted octanol–water partition coefficient (Wildman–Crippen LogP) is 3.05. The fourth-order valence-corrected chi connectivity index (χ4v) is 3.54. The number of rotatable bonds is 8. The monoisotopic (exact) mass is 409 g/mol. The van der Waals surface area contributed by atoms with Crippen molar-refractivity contribution in [1.29, 1.82) is 0 Å². The van der Waals surface area contributed by atoms with Gasteiger partial charge >= 0.3 is 0 Å². The molecule has 1 amide bonds. The fourth-order valence-electron chi connectivity index (χ4n) is 2.45. The minimum atomic E-state index is -3.60. The summed E-state index contributed by atoms with van der Waals surface area (Å²) in [5.41, 5.74) is 1.46. The van der Waals surface area contributed by atoms with E-state index in [0.29, 0.717) is 11.6 Å². The van der Waals surface area contributed by atoms with Gasteiger partial charge in [-0.1, -0.05) is 41.9 Å². The zero-order chi connectivity index (χ0) is 20.0. The normalized spacial score (nSPS) is 11.8. The summed E-state index contributed by atoms with van der Waals surface area (Å²) in [4.78, 5) is 14.4. The second-order valence-electron chi connectivity index (χ2n) is 6.45. The van der Waals surface area contributed by atoms with E-state index in [1.807, 2.05) is 42.3 Å². The molecule has 0 aliphatic heterocycles. The Hall–Kier alpha value is -1.93. The molecule has 8 heteroatoms. The van der Waals surface area contributed by atoms with Crippen molar-refractivity contribution >= 4 is 33.2 Å². The maximum Gasteiger partial charge on any atom is 0.242 e. The number of nitrogens with one attached hydrogen (secondary N) is 1. The fraction of sp³-hybridized carbons (Fsp3) is 0.316. The molecule has 0 aromatic heterocycles. The minimum absolute atomic E-state index is 0.0772.